The molecule has 0 bridgehead atoms. The first-order valence-electron chi connectivity index (χ1n) is 17.0. The number of benzene rings is 8. The van der Waals surface area contributed by atoms with Gasteiger partial charge in [-0.3, -0.25) is 0 Å². The molecule has 0 spiro atoms. The third-order valence-electron chi connectivity index (χ3n) is 9.89. The SMILES string of the molecule is N#Cc1ccccc1-c1cc(-c2ccccc2C#N)cc(N(c2ccccc2)c2ccc(-c3ccc4c5c(cccc35)-c3ccccc3-4)cc2)c1. The molecule has 0 saturated heterocycles. The van der Waals surface area contributed by atoms with Crippen molar-refractivity contribution in [2.45, 2.75) is 0 Å². The average molecular weight is 648 g/mol. The summed E-state index contributed by atoms with van der Waals surface area (Å²) in [5.74, 6) is 0. The molecule has 9 rings (SSSR count). The van der Waals surface area contributed by atoms with E-state index in [0.717, 1.165) is 44.9 Å². The predicted octanol–water partition coefficient (Wildman–Crippen LogP) is 12.7. The molecule has 0 atom stereocenters. The molecule has 8 aromatic rings. The Balaban J connectivity index is 1.21. The fourth-order valence-corrected chi connectivity index (χ4v) is 7.59. The molecular formula is C48H29N3. The number of hydrogen-bond acceptors (Lipinski definition) is 3. The van der Waals surface area contributed by atoms with Crippen molar-refractivity contribution in [1.82, 2.24) is 0 Å². The number of fused-ring (bicyclic) bond motifs is 3. The Morgan fingerprint density at radius 2 is 0.824 bits per heavy atom. The van der Waals surface area contributed by atoms with Crippen LogP contribution in [0.3, 0.4) is 0 Å². The zero-order chi connectivity index (χ0) is 34.3. The highest BCUT2D eigenvalue weighted by Crippen LogP contribution is 2.49. The summed E-state index contributed by atoms with van der Waals surface area (Å²) in [4.78, 5) is 2.24. The van der Waals surface area contributed by atoms with Gasteiger partial charge in [0, 0.05) is 17.1 Å². The van der Waals surface area contributed by atoms with E-state index in [4.69, 9.17) is 0 Å². The molecule has 0 heterocycles. The monoisotopic (exact) mass is 647 g/mol. The summed E-state index contributed by atoms with van der Waals surface area (Å²) in [6.07, 6.45) is 0. The van der Waals surface area contributed by atoms with E-state index >= 15 is 0 Å². The Kier molecular flexibility index (Phi) is 7.24. The summed E-state index contributed by atoms with van der Waals surface area (Å²) in [5, 5.41) is 22.6. The van der Waals surface area contributed by atoms with E-state index in [0.29, 0.717) is 11.1 Å². The second kappa shape index (κ2) is 12.4. The van der Waals surface area contributed by atoms with Gasteiger partial charge in [0.2, 0.25) is 0 Å². The first-order chi connectivity index (χ1) is 25.2. The quantitative estimate of drug-likeness (QED) is 0.180. The lowest BCUT2D eigenvalue weighted by Crippen LogP contribution is -2.10. The van der Waals surface area contributed by atoms with Crippen LogP contribution in [0.4, 0.5) is 17.1 Å². The van der Waals surface area contributed by atoms with Gasteiger partial charge in [-0.05, 0) is 121 Å². The van der Waals surface area contributed by atoms with Gasteiger partial charge in [-0.1, -0.05) is 121 Å². The van der Waals surface area contributed by atoms with E-state index in [-0.39, 0.29) is 0 Å². The Morgan fingerprint density at radius 1 is 0.333 bits per heavy atom. The zero-order valence-corrected chi connectivity index (χ0v) is 27.6. The summed E-state index contributed by atoms with van der Waals surface area (Å²) >= 11 is 0. The minimum atomic E-state index is 0.596. The van der Waals surface area contributed by atoms with Gasteiger partial charge in [0.15, 0.2) is 0 Å². The van der Waals surface area contributed by atoms with Crippen LogP contribution in [0, 0.1) is 22.7 Å². The highest BCUT2D eigenvalue weighted by molar-refractivity contribution is 6.18. The van der Waals surface area contributed by atoms with Crippen molar-refractivity contribution in [3.63, 3.8) is 0 Å². The predicted molar refractivity (Wildman–Crippen MR) is 209 cm³/mol. The second-order valence-corrected chi connectivity index (χ2v) is 12.7. The van der Waals surface area contributed by atoms with Crippen molar-refractivity contribution in [1.29, 1.82) is 10.5 Å². The second-order valence-electron chi connectivity index (χ2n) is 12.7. The van der Waals surface area contributed by atoms with E-state index in [1.165, 1.54) is 38.6 Å². The van der Waals surface area contributed by atoms with Crippen molar-refractivity contribution in [2.75, 3.05) is 4.90 Å². The minimum absolute atomic E-state index is 0.596. The average Bonchev–Trinajstić information content (AvgIpc) is 3.53. The van der Waals surface area contributed by atoms with Gasteiger partial charge in [0.05, 0.1) is 23.3 Å². The first kappa shape index (κ1) is 29.9. The largest absolute Gasteiger partial charge is 0.310 e. The smallest absolute Gasteiger partial charge is 0.0998 e. The standard InChI is InChI=1S/C48H29N3/c49-30-33-11-4-6-15-40(33)35-27-36(41-16-7-5-12-34(41)31-50)29-39(28-35)51(37-13-2-1-3-14-37)38-23-21-32(22-24-38)42-25-26-47-44-18-9-8-17-43(44)46-20-10-19-45(42)48(46)47/h1-29H. The van der Waals surface area contributed by atoms with Gasteiger partial charge in [-0.15, -0.1) is 0 Å². The number of para-hydroxylation sites is 1. The first-order valence-corrected chi connectivity index (χ1v) is 17.0. The van der Waals surface area contributed by atoms with Crippen LogP contribution in [0.5, 0.6) is 0 Å². The third kappa shape index (κ3) is 5.05. The molecule has 0 aromatic heterocycles. The van der Waals surface area contributed by atoms with Gasteiger partial charge < -0.3 is 4.90 Å². The molecule has 0 N–H and O–H groups in total. The lowest BCUT2D eigenvalue weighted by Gasteiger charge is -2.27. The molecule has 0 fully saturated rings. The van der Waals surface area contributed by atoms with Crippen LogP contribution in [-0.2, 0) is 0 Å². The van der Waals surface area contributed by atoms with E-state index in [9.17, 15) is 10.5 Å². The van der Waals surface area contributed by atoms with Gasteiger partial charge in [-0.25, -0.2) is 0 Å². The molecule has 236 valence electrons. The Bertz CT molecular complexity index is 2610. The maximum absolute atomic E-state index is 10.0. The number of rotatable bonds is 6. The molecule has 0 radical (unpaired) electrons. The molecule has 0 aliphatic heterocycles. The molecule has 3 nitrogen and oxygen atoms in total. The molecular weight excluding hydrogens is 619 g/mol. The summed E-state index contributed by atoms with van der Waals surface area (Å²) in [6.45, 7) is 0. The molecule has 1 aliphatic carbocycles. The van der Waals surface area contributed by atoms with Crippen molar-refractivity contribution in [3.8, 4) is 67.8 Å². The van der Waals surface area contributed by atoms with E-state index in [1.807, 2.05) is 66.7 Å². The topological polar surface area (TPSA) is 50.8 Å². The van der Waals surface area contributed by atoms with Crippen LogP contribution in [-0.4, -0.2) is 0 Å². The summed E-state index contributed by atoms with van der Waals surface area (Å²) in [6, 6.07) is 65.3. The summed E-state index contributed by atoms with van der Waals surface area (Å²) in [5.41, 5.74) is 15.1. The maximum atomic E-state index is 10.0. The molecule has 0 saturated carbocycles. The van der Waals surface area contributed by atoms with Crippen LogP contribution in [0.1, 0.15) is 11.1 Å². The molecule has 0 unspecified atom stereocenters. The van der Waals surface area contributed by atoms with Gasteiger partial charge in [0.25, 0.3) is 0 Å². The van der Waals surface area contributed by atoms with Crippen molar-refractivity contribution in [2.24, 2.45) is 0 Å². The Labute approximate surface area is 297 Å². The summed E-state index contributed by atoms with van der Waals surface area (Å²) in [7, 11) is 0. The highest BCUT2D eigenvalue weighted by atomic mass is 15.1. The molecule has 51 heavy (non-hydrogen) atoms. The van der Waals surface area contributed by atoms with Crippen LogP contribution in [0.2, 0.25) is 0 Å². The summed E-state index contributed by atoms with van der Waals surface area (Å²) < 4.78 is 0. The lowest BCUT2D eigenvalue weighted by atomic mass is 9.93. The van der Waals surface area contributed by atoms with E-state index < -0.39 is 0 Å². The maximum Gasteiger partial charge on any atom is 0.0998 e. The van der Waals surface area contributed by atoms with Gasteiger partial charge in [-0.2, -0.15) is 10.5 Å². The molecule has 0 amide bonds. The fraction of sp³-hybridized carbons (Fsp3) is 0. The van der Waals surface area contributed by atoms with Crippen molar-refractivity contribution < 1.29 is 0 Å². The fourth-order valence-electron chi connectivity index (χ4n) is 7.59. The van der Waals surface area contributed by atoms with Gasteiger partial charge in [0.1, 0.15) is 0 Å². The lowest BCUT2D eigenvalue weighted by molar-refractivity contribution is 1.28. The van der Waals surface area contributed by atoms with Gasteiger partial charge >= 0.3 is 0 Å². The number of hydrogen-bond donors (Lipinski definition) is 0. The number of nitriles is 2. The third-order valence-corrected chi connectivity index (χ3v) is 9.89. The molecule has 8 aromatic carbocycles. The Morgan fingerprint density at radius 3 is 1.43 bits per heavy atom. The zero-order valence-electron chi connectivity index (χ0n) is 27.6. The minimum Gasteiger partial charge on any atom is -0.310 e. The van der Waals surface area contributed by atoms with Crippen molar-refractivity contribution >= 4 is 27.8 Å². The molecule has 3 heteroatoms. The van der Waals surface area contributed by atoms with Crippen molar-refractivity contribution in [3.05, 3.63) is 187 Å². The number of nitrogens with zero attached hydrogens (tertiary/aromatic N) is 3. The number of anilines is 3. The van der Waals surface area contributed by atoms with Crippen LogP contribution in [0.25, 0.3) is 66.4 Å². The highest BCUT2D eigenvalue weighted by Gasteiger charge is 2.23. The van der Waals surface area contributed by atoms with E-state index in [1.54, 1.807) is 0 Å². The normalized spacial score (nSPS) is 11.1. The Hall–Kier alpha value is -7.20. The van der Waals surface area contributed by atoms with Crippen LogP contribution < -0.4 is 4.90 Å². The van der Waals surface area contributed by atoms with E-state index in [2.05, 4.69) is 126 Å². The van der Waals surface area contributed by atoms with Crippen LogP contribution >= 0.6 is 0 Å². The molecule has 1 aliphatic rings. The van der Waals surface area contributed by atoms with Crippen LogP contribution in [0.15, 0.2) is 176 Å².